The Labute approximate surface area is 58.4 Å². The molecular formula is C5H13NO2S. The van der Waals surface area contributed by atoms with Crippen LogP contribution in [0.1, 0.15) is 6.42 Å². The van der Waals surface area contributed by atoms with Crippen LogP contribution in [0.15, 0.2) is 0 Å². The van der Waals surface area contributed by atoms with E-state index in [1.54, 1.807) is 6.26 Å². The Balaban J connectivity index is 3.06. The maximum absolute atomic E-state index is 10.4. The number of aliphatic hydroxyl groups excluding tert-OH is 1. The van der Waals surface area contributed by atoms with Gasteiger partial charge in [0.05, 0.1) is 12.9 Å². The number of rotatable bonds is 4. The molecule has 0 spiro atoms. The van der Waals surface area contributed by atoms with Gasteiger partial charge in [0, 0.05) is 12.5 Å². The quantitative estimate of drug-likeness (QED) is 0.510. The lowest BCUT2D eigenvalue weighted by atomic mass is 10.3. The molecule has 2 atom stereocenters. The van der Waals surface area contributed by atoms with E-state index in [0.29, 0.717) is 12.2 Å². The van der Waals surface area contributed by atoms with Gasteiger partial charge in [-0.3, -0.25) is 0 Å². The lowest BCUT2D eigenvalue weighted by Gasteiger charge is -2.08. The maximum atomic E-state index is 10.4. The van der Waals surface area contributed by atoms with E-state index in [-0.39, 0.29) is 12.6 Å². The average Bonchev–Trinajstić information content (AvgIpc) is 1.83. The van der Waals surface area contributed by atoms with Gasteiger partial charge >= 0.3 is 0 Å². The van der Waals surface area contributed by atoms with Gasteiger partial charge in [-0.15, -0.1) is 0 Å². The minimum atomic E-state index is -0.779. The van der Waals surface area contributed by atoms with Crippen LogP contribution in [0, 0.1) is 0 Å². The van der Waals surface area contributed by atoms with E-state index in [1.807, 2.05) is 0 Å². The van der Waals surface area contributed by atoms with Crippen molar-refractivity contribution in [3.05, 3.63) is 0 Å². The number of hydrogen-bond acceptors (Lipinski definition) is 3. The summed E-state index contributed by atoms with van der Waals surface area (Å²) in [6.45, 7) is -0.0167. The van der Waals surface area contributed by atoms with E-state index in [9.17, 15) is 4.55 Å². The van der Waals surface area contributed by atoms with Crippen LogP contribution in [-0.2, 0) is 11.2 Å². The summed E-state index contributed by atoms with van der Waals surface area (Å²) in [5.74, 6) is 0.585. The first-order chi connectivity index (χ1) is 4.16. The smallest absolute Gasteiger partial charge is 0.106 e. The molecule has 0 saturated carbocycles. The summed E-state index contributed by atoms with van der Waals surface area (Å²) in [6, 6.07) is -0.200. The van der Waals surface area contributed by atoms with Crippen LogP contribution in [-0.4, -0.2) is 34.3 Å². The van der Waals surface area contributed by atoms with Crippen molar-refractivity contribution in [3.63, 3.8) is 0 Å². The zero-order valence-corrected chi connectivity index (χ0v) is 6.36. The molecule has 4 heteroatoms. The topological polar surface area (TPSA) is 69.3 Å². The molecule has 0 aromatic heterocycles. The molecule has 9 heavy (non-hydrogen) atoms. The third-order valence-electron chi connectivity index (χ3n) is 1.01. The molecule has 56 valence electrons. The molecule has 0 aliphatic rings. The minimum Gasteiger partial charge on any atom is -0.617 e. The number of aliphatic hydroxyl groups is 1. The Morgan fingerprint density at radius 1 is 1.78 bits per heavy atom. The molecular weight excluding hydrogens is 138 g/mol. The normalized spacial score (nSPS) is 17.3. The zero-order valence-electron chi connectivity index (χ0n) is 5.54. The largest absolute Gasteiger partial charge is 0.617 e. The summed E-state index contributed by atoms with van der Waals surface area (Å²) < 4.78 is 10.4. The van der Waals surface area contributed by atoms with Crippen molar-refractivity contribution in [2.45, 2.75) is 12.5 Å². The molecule has 0 rings (SSSR count). The molecule has 0 amide bonds. The fraction of sp³-hybridized carbons (Fsp3) is 1.00. The summed E-state index contributed by atoms with van der Waals surface area (Å²) in [5.41, 5.74) is 5.34. The first kappa shape index (κ1) is 9.23. The first-order valence-electron chi connectivity index (χ1n) is 2.83. The summed E-state index contributed by atoms with van der Waals surface area (Å²) >= 11 is -0.779. The number of hydrogen-bond donors (Lipinski definition) is 2. The zero-order chi connectivity index (χ0) is 7.28. The lowest BCUT2D eigenvalue weighted by molar-refractivity contribution is 0.263. The molecule has 0 heterocycles. The van der Waals surface area contributed by atoms with Crippen molar-refractivity contribution in [3.8, 4) is 0 Å². The van der Waals surface area contributed by atoms with Crippen molar-refractivity contribution in [2.24, 2.45) is 5.73 Å². The van der Waals surface area contributed by atoms with E-state index in [4.69, 9.17) is 10.8 Å². The van der Waals surface area contributed by atoms with Crippen molar-refractivity contribution in [1.82, 2.24) is 0 Å². The van der Waals surface area contributed by atoms with Gasteiger partial charge in [0.15, 0.2) is 0 Å². The van der Waals surface area contributed by atoms with Gasteiger partial charge in [-0.25, -0.2) is 0 Å². The van der Waals surface area contributed by atoms with Crippen LogP contribution >= 0.6 is 0 Å². The Hall–Kier alpha value is 0.230. The van der Waals surface area contributed by atoms with Crippen molar-refractivity contribution >= 4 is 11.2 Å². The van der Waals surface area contributed by atoms with Crippen molar-refractivity contribution in [2.75, 3.05) is 18.6 Å². The van der Waals surface area contributed by atoms with Crippen LogP contribution in [0.5, 0.6) is 0 Å². The van der Waals surface area contributed by atoms with Gasteiger partial charge in [-0.1, -0.05) is 11.2 Å². The molecule has 3 nitrogen and oxygen atoms in total. The molecule has 0 saturated heterocycles. The standard InChI is InChI=1S/C5H13NO2S/c1-9(8)3-2-5(6)4-7/h5,7H,2-4,6H2,1H3/t5-,9-/m0/s1. The summed E-state index contributed by atoms with van der Waals surface area (Å²) in [7, 11) is 0. The molecule has 0 aliphatic carbocycles. The predicted molar refractivity (Wildman–Crippen MR) is 38.6 cm³/mol. The lowest BCUT2D eigenvalue weighted by Crippen LogP contribution is -2.26. The molecule has 0 radical (unpaired) electrons. The van der Waals surface area contributed by atoms with E-state index in [0.717, 1.165) is 0 Å². The van der Waals surface area contributed by atoms with Gasteiger partial charge < -0.3 is 15.4 Å². The summed E-state index contributed by atoms with van der Waals surface area (Å²) in [6.07, 6.45) is 2.27. The molecule has 0 bridgehead atoms. The van der Waals surface area contributed by atoms with Crippen LogP contribution in [0.2, 0.25) is 0 Å². The second-order valence-electron chi connectivity index (χ2n) is 2.01. The molecule has 3 N–H and O–H groups in total. The van der Waals surface area contributed by atoms with Crippen molar-refractivity contribution < 1.29 is 9.66 Å². The third-order valence-corrected chi connectivity index (χ3v) is 1.82. The third kappa shape index (κ3) is 6.11. The molecule has 0 aliphatic heterocycles. The second kappa shape index (κ2) is 5.05. The van der Waals surface area contributed by atoms with E-state index >= 15 is 0 Å². The summed E-state index contributed by atoms with van der Waals surface area (Å²) in [5, 5.41) is 8.42. The molecule has 0 fully saturated rings. The van der Waals surface area contributed by atoms with Crippen LogP contribution in [0.3, 0.4) is 0 Å². The van der Waals surface area contributed by atoms with Gasteiger partial charge in [0.2, 0.25) is 0 Å². The number of nitrogens with two attached hydrogens (primary N) is 1. The monoisotopic (exact) mass is 151 g/mol. The van der Waals surface area contributed by atoms with Gasteiger partial charge in [0.25, 0.3) is 0 Å². The Morgan fingerprint density at radius 2 is 2.33 bits per heavy atom. The highest BCUT2D eigenvalue weighted by Gasteiger charge is 2.03. The fourth-order valence-electron chi connectivity index (χ4n) is 0.409. The first-order valence-corrected chi connectivity index (χ1v) is 4.56. The van der Waals surface area contributed by atoms with Gasteiger partial charge in [-0.2, -0.15) is 0 Å². The highest BCUT2D eigenvalue weighted by Crippen LogP contribution is 1.91. The Morgan fingerprint density at radius 3 is 2.67 bits per heavy atom. The minimum absolute atomic E-state index is 0.0167. The van der Waals surface area contributed by atoms with Crippen molar-refractivity contribution in [1.29, 1.82) is 0 Å². The second-order valence-corrected chi connectivity index (χ2v) is 3.56. The molecule has 0 unspecified atom stereocenters. The maximum Gasteiger partial charge on any atom is 0.106 e. The van der Waals surface area contributed by atoms with E-state index in [2.05, 4.69) is 0 Å². The van der Waals surface area contributed by atoms with E-state index < -0.39 is 11.2 Å². The van der Waals surface area contributed by atoms with E-state index in [1.165, 1.54) is 0 Å². The SMILES string of the molecule is C[S@+]([O-])CC[C@H](N)CO. The van der Waals surface area contributed by atoms with Gasteiger partial charge in [0.1, 0.15) is 5.75 Å². The Kier molecular flexibility index (Phi) is 5.18. The average molecular weight is 151 g/mol. The highest BCUT2D eigenvalue weighted by atomic mass is 32.2. The Bertz CT molecular complexity index is 70.0. The van der Waals surface area contributed by atoms with Crippen LogP contribution < -0.4 is 5.73 Å². The predicted octanol–water partition coefficient (Wildman–Crippen LogP) is -0.925. The van der Waals surface area contributed by atoms with Crippen LogP contribution in [0.4, 0.5) is 0 Å². The molecule has 0 aromatic rings. The fourth-order valence-corrected chi connectivity index (χ4v) is 1.04. The van der Waals surface area contributed by atoms with Crippen LogP contribution in [0.25, 0.3) is 0 Å². The molecule has 0 aromatic carbocycles. The van der Waals surface area contributed by atoms with Gasteiger partial charge in [-0.05, 0) is 0 Å². The summed E-state index contributed by atoms with van der Waals surface area (Å²) in [4.78, 5) is 0. The highest BCUT2D eigenvalue weighted by molar-refractivity contribution is 7.90.